The summed E-state index contributed by atoms with van der Waals surface area (Å²) in [6.07, 6.45) is 7.81. The van der Waals surface area contributed by atoms with E-state index in [1.807, 2.05) is 7.05 Å². The molecule has 0 unspecified atom stereocenters. The summed E-state index contributed by atoms with van der Waals surface area (Å²) in [7, 11) is 1.85. The molecule has 0 aliphatic heterocycles. The summed E-state index contributed by atoms with van der Waals surface area (Å²) in [5, 5.41) is 4.99. The zero-order valence-corrected chi connectivity index (χ0v) is 8.34. The Morgan fingerprint density at radius 2 is 1.67 bits per heavy atom. The minimum Gasteiger partial charge on any atom is -0.282 e. The van der Waals surface area contributed by atoms with E-state index in [4.69, 9.17) is 5.53 Å². The van der Waals surface area contributed by atoms with Crippen LogP contribution in [0.5, 0.6) is 0 Å². The number of rotatable bonds is 8. The number of nitrogens with zero attached hydrogens (tertiary/aromatic N) is 2. The molecule has 0 saturated carbocycles. The SMILES string of the molecule is CCCCCCCCN(C)N=N. The molecule has 0 heterocycles. The highest BCUT2D eigenvalue weighted by Gasteiger charge is 1.92. The van der Waals surface area contributed by atoms with E-state index in [-0.39, 0.29) is 0 Å². The van der Waals surface area contributed by atoms with Crippen molar-refractivity contribution < 1.29 is 0 Å². The van der Waals surface area contributed by atoms with Crippen molar-refractivity contribution in [3.63, 3.8) is 0 Å². The molecule has 1 N–H and O–H groups in total. The lowest BCUT2D eigenvalue weighted by atomic mass is 10.1. The van der Waals surface area contributed by atoms with Crippen molar-refractivity contribution in [1.29, 1.82) is 5.53 Å². The number of hydrogen-bond donors (Lipinski definition) is 1. The van der Waals surface area contributed by atoms with E-state index in [1.165, 1.54) is 38.5 Å². The molecule has 12 heavy (non-hydrogen) atoms. The maximum Gasteiger partial charge on any atom is 0.0373 e. The molecule has 0 aliphatic carbocycles. The Bertz CT molecular complexity index is 104. The van der Waals surface area contributed by atoms with Crippen molar-refractivity contribution in [2.24, 2.45) is 5.22 Å². The number of unbranched alkanes of at least 4 members (excludes halogenated alkanes) is 5. The molecular weight excluding hydrogens is 150 g/mol. The first-order valence-corrected chi connectivity index (χ1v) is 4.89. The van der Waals surface area contributed by atoms with Gasteiger partial charge in [-0.25, -0.2) is 0 Å². The quantitative estimate of drug-likeness (QED) is 0.340. The van der Waals surface area contributed by atoms with Crippen molar-refractivity contribution in [3.05, 3.63) is 0 Å². The van der Waals surface area contributed by atoms with Gasteiger partial charge in [0.15, 0.2) is 0 Å². The van der Waals surface area contributed by atoms with Crippen LogP contribution in [0.2, 0.25) is 0 Å². The molecule has 0 bridgehead atoms. The largest absolute Gasteiger partial charge is 0.282 e. The average Bonchev–Trinajstić information content (AvgIpc) is 2.10. The van der Waals surface area contributed by atoms with E-state index in [9.17, 15) is 0 Å². The normalized spacial score (nSPS) is 9.83. The van der Waals surface area contributed by atoms with Crippen LogP contribution in [0.25, 0.3) is 0 Å². The van der Waals surface area contributed by atoms with Crippen molar-refractivity contribution in [2.75, 3.05) is 13.6 Å². The molecule has 3 heteroatoms. The molecule has 0 aliphatic rings. The van der Waals surface area contributed by atoms with Crippen LogP contribution in [0.4, 0.5) is 0 Å². The third-order valence-corrected chi connectivity index (χ3v) is 2.01. The van der Waals surface area contributed by atoms with Crippen LogP contribution in [0.1, 0.15) is 45.4 Å². The summed E-state index contributed by atoms with van der Waals surface area (Å²) >= 11 is 0. The van der Waals surface area contributed by atoms with E-state index in [2.05, 4.69) is 12.1 Å². The Hall–Kier alpha value is -0.600. The molecule has 0 rings (SSSR count). The van der Waals surface area contributed by atoms with Gasteiger partial charge < -0.3 is 0 Å². The zero-order chi connectivity index (χ0) is 9.23. The van der Waals surface area contributed by atoms with Gasteiger partial charge in [0.1, 0.15) is 0 Å². The van der Waals surface area contributed by atoms with E-state index < -0.39 is 0 Å². The third kappa shape index (κ3) is 7.51. The van der Waals surface area contributed by atoms with Crippen LogP contribution in [-0.4, -0.2) is 18.6 Å². The van der Waals surface area contributed by atoms with Crippen LogP contribution in [0.3, 0.4) is 0 Å². The first kappa shape index (κ1) is 11.4. The minimum atomic E-state index is 0.926. The van der Waals surface area contributed by atoms with Gasteiger partial charge in [-0.15, -0.1) is 0 Å². The lowest BCUT2D eigenvalue weighted by Crippen LogP contribution is -2.10. The second-order valence-electron chi connectivity index (χ2n) is 3.25. The molecule has 0 aromatic carbocycles. The molecular formula is C9H21N3. The Labute approximate surface area is 75.6 Å². The van der Waals surface area contributed by atoms with Crippen LogP contribution in [-0.2, 0) is 0 Å². The third-order valence-electron chi connectivity index (χ3n) is 2.01. The lowest BCUT2D eigenvalue weighted by Gasteiger charge is -2.08. The summed E-state index contributed by atoms with van der Waals surface area (Å²) in [4.78, 5) is 0. The van der Waals surface area contributed by atoms with Gasteiger partial charge in [0, 0.05) is 13.6 Å². The van der Waals surface area contributed by atoms with Gasteiger partial charge in [-0.3, -0.25) is 5.01 Å². The van der Waals surface area contributed by atoms with Gasteiger partial charge in [-0.05, 0) is 6.42 Å². The Morgan fingerprint density at radius 3 is 2.25 bits per heavy atom. The highest BCUT2D eigenvalue weighted by Crippen LogP contribution is 2.05. The predicted octanol–water partition coefficient (Wildman–Crippen LogP) is 3.22. The van der Waals surface area contributed by atoms with Gasteiger partial charge >= 0.3 is 0 Å². The Balaban J connectivity index is 2.95. The molecule has 0 fully saturated rings. The van der Waals surface area contributed by atoms with Gasteiger partial charge in [0.25, 0.3) is 0 Å². The standard InChI is InChI=1S/C9H21N3/c1-3-4-5-6-7-8-9-12(2)11-10/h10H,3-9H2,1-2H3. The zero-order valence-electron chi connectivity index (χ0n) is 8.34. The van der Waals surface area contributed by atoms with Crippen molar-refractivity contribution in [1.82, 2.24) is 5.01 Å². The first-order chi connectivity index (χ1) is 5.81. The molecule has 0 amide bonds. The molecule has 0 spiro atoms. The Kier molecular flexibility index (Phi) is 8.07. The summed E-state index contributed by atoms with van der Waals surface area (Å²) in [5.74, 6) is 0. The van der Waals surface area contributed by atoms with Crippen molar-refractivity contribution in [3.8, 4) is 0 Å². The van der Waals surface area contributed by atoms with Gasteiger partial charge in [0.2, 0.25) is 0 Å². The maximum atomic E-state index is 6.71. The second kappa shape index (κ2) is 8.50. The van der Waals surface area contributed by atoms with Gasteiger partial charge in [0.05, 0.1) is 0 Å². The fourth-order valence-electron chi connectivity index (χ4n) is 1.17. The molecule has 0 saturated heterocycles. The molecule has 0 aromatic heterocycles. The summed E-state index contributed by atoms with van der Waals surface area (Å²) in [6.45, 7) is 3.16. The van der Waals surface area contributed by atoms with E-state index in [0.29, 0.717) is 0 Å². The van der Waals surface area contributed by atoms with E-state index >= 15 is 0 Å². The van der Waals surface area contributed by atoms with Crippen LogP contribution in [0, 0.1) is 5.53 Å². The topological polar surface area (TPSA) is 39.5 Å². The summed E-state index contributed by atoms with van der Waals surface area (Å²) < 4.78 is 0. The second-order valence-corrected chi connectivity index (χ2v) is 3.25. The van der Waals surface area contributed by atoms with Gasteiger partial charge in [-0.1, -0.05) is 44.3 Å². The molecule has 72 valence electrons. The predicted molar refractivity (Wildman–Crippen MR) is 51.2 cm³/mol. The van der Waals surface area contributed by atoms with Crippen LogP contribution in [0.15, 0.2) is 5.22 Å². The molecule has 0 atom stereocenters. The van der Waals surface area contributed by atoms with Crippen LogP contribution >= 0.6 is 0 Å². The minimum absolute atomic E-state index is 0.926. The summed E-state index contributed by atoms with van der Waals surface area (Å²) in [5.41, 5.74) is 6.71. The Morgan fingerprint density at radius 1 is 1.08 bits per heavy atom. The van der Waals surface area contributed by atoms with E-state index in [0.717, 1.165) is 6.54 Å². The van der Waals surface area contributed by atoms with E-state index in [1.54, 1.807) is 5.01 Å². The fraction of sp³-hybridized carbons (Fsp3) is 1.00. The molecule has 3 nitrogen and oxygen atoms in total. The number of hydrogen-bond acceptors (Lipinski definition) is 2. The van der Waals surface area contributed by atoms with Crippen molar-refractivity contribution in [2.45, 2.75) is 45.4 Å². The number of nitrogens with one attached hydrogen (secondary N) is 1. The maximum absolute atomic E-state index is 6.71. The summed E-state index contributed by atoms with van der Waals surface area (Å²) in [6, 6.07) is 0. The lowest BCUT2D eigenvalue weighted by molar-refractivity contribution is 0.310. The fourth-order valence-corrected chi connectivity index (χ4v) is 1.17. The average molecular weight is 171 g/mol. The smallest absolute Gasteiger partial charge is 0.0373 e. The van der Waals surface area contributed by atoms with Crippen molar-refractivity contribution >= 4 is 0 Å². The highest BCUT2D eigenvalue weighted by molar-refractivity contribution is 4.46. The first-order valence-electron chi connectivity index (χ1n) is 4.89. The van der Waals surface area contributed by atoms with Crippen LogP contribution < -0.4 is 0 Å². The molecule has 0 radical (unpaired) electrons. The van der Waals surface area contributed by atoms with Gasteiger partial charge in [-0.2, -0.15) is 5.53 Å². The highest BCUT2D eigenvalue weighted by atomic mass is 15.5. The molecule has 0 aromatic rings. The monoisotopic (exact) mass is 171 g/mol.